The van der Waals surface area contributed by atoms with Gasteiger partial charge >= 0.3 is 0 Å². The van der Waals surface area contributed by atoms with Gasteiger partial charge in [-0.25, -0.2) is 0 Å². The monoisotopic (exact) mass is 194 g/mol. The Bertz CT molecular complexity index is 307. The van der Waals surface area contributed by atoms with Crippen LogP contribution in [0.2, 0.25) is 0 Å². The molecule has 0 aliphatic carbocycles. The van der Waals surface area contributed by atoms with Gasteiger partial charge in [0.25, 0.3) is 0 Å². The number of unbranched alkanes of at least 4 members (excludes halogenated alkanes) is 1. The Morgan fingerprint density at radius 1 is 1.50 bits per heavy atom. The third-order valence-electron chi connectivity index (χ3n) is 2.05. The number of carbonyl (C=O) groups excluding carboxylic acids is 1. The molecule has 0 saturated heterocycles. The molecule has 0 atom stereocenters. The molecule has 0 heterocycles. The lowest BCUT2D eigenvalue weighted by Crippen LogP contribution is -1.89. The summed E-state index contributed by atoms with van der Waals surface area (Å²) >= 11 is 0. The van der Waals surface area contributed by atoms with Crippen LogP contribution in [0.5, 0.6) is 11.5 Å². The number of aldehydes is 1. The minimum atomic E-state index is 0.261. The van der Waals surface area contributed by atoms with Crippen LogP contribution in [-0.4, -0.2) is 18.5 Å². The second-order valence-corrected chi connectivity index (χ2v) is 3.05. The van der Waals surface area contributed by atoms with Crippen LogP contribution in [0.15, 0.2) is 18.2 Å². The molecular formula is C11H14O3. The SMILES string of the molecule is COc1ccc(O)c(CCCC=O)c1. The summed E-state index contributed by atoms with van der Waals surface area (Å²) in [4.78, 5) is 10.1. The fraction of sp³-hybridized carbons (Fsp3) is 0.364. The smallest absolute Gasteiger partial charge is 0.120 e. The minimum Gasteiger partial charge on any atom is -0.508 e. The van der Waals surface area contributed by atoms with Gasteiger partial charge < -0.3 is 14.6 Å². The Kier molecular flexibility index (Phi) is 3.98. The predicted octanol–water partition coefficient (Wildman–Crippen LogP) is 1.92. The van der Waals surface area contributed by atoms with Crippen molar-refractivity contribution in [1.82, 2.24) is 0 Å². The molecule has 3 nitrogen and oxygen atoms in total. The fourth-order valence-electron chi connectivity index (χ4n) is 1.26. The van der Waals surface area contributed by atoms with Gasteiger partial charge in [0.2, 0.25) is 0 Å². The number of benzene rings is 1. The van der Waals surface area contributed by atoms with E-state index in [-0.39, 0.29) is 5.75 Å². The van der Waals surface area contributed by atoms with E-state index in [1.807, 2.05) is 0 Å². The maximum atomic E-state index is 10.1. The standard InChI is InChI=1S/C11H14O3/c1-14-10-5-6-11(13)9(8-10)4-2-3-7-12/h5-8,13H,2-4H2,1H3. The van der Waals surface area contributed by atoms with Crippen LogP contribution in [0.3, 0.4) is 0 Å². The molecule has 0 aromatic heterocycles. The van der Waals surface area contributed by atoms with E-state index >= 15 is 0 Å². The largest absolute Gasteiger partial charge is 0.508 e. The Labute approximate surface area is 83.3 Å². The highest BCUT2D eigenvalue weighted by Crippen LogP contribution is 2.24. The number of hydrogen-bond donors (Lipinski definition) is 1. The average Bonchev–Trinajstić information content (AvgIpc) is 2.21. The lowest BCUT2D eigenvalue weighted by Gasteiger charge is -2.05. The van der Waals surface area contributed by atoms with Crippen LogP contribution in [0, 0.1) is 0 Å². The molecule has 0 unspecified atom stereocenters. The van der Waals surface area contributed by atoms with Crippen LogP contribution in [-0.2, 0) is 11.2 Å². The summed E-state index contributed by atoms with van der Waals surface area (Å²) in [6.07, 6.45) is 2.86. The van der Waals surface area contributed by atoms with Crippen molar-refractivity contribution in [2.24, 2.45) is 0 Å². The van der Waals surface area contributed by atoms with Crippen molar-refractivity contribution in [2.75, 3.05) is 7.11 Å². The second kappa shape index (κ2) is 5.27. The molecule has 0 radical (unpaired) electrons. The number of aromatic hydroxyl groups is 1. The molecular weight excluding hydrogens is 180 g/mol. The summed E-state index contributed by atoms with van der Waals surface area (Å²) in [6.45, 7) is 0. The molecule has 0 saturated carbocycles. The van der Waals surface area contributed by atoms with Gasteiger partial charge in [-0.05, 0) is 36.6 Å². The van der Waals surface area contributed by atoms with Gasteiger partial charge in [0.15, 0.2) is 0 Å². The van der Waals surface area contributed by atoms with E-state index in [0.29, 0.717) is 12.8 Å². The first-order valence-electron chi connectivity index (χ1n) is 4.57. The van der Waals surface area contributed by atoms with Gasteiger partial charge in [-0.1, -0.05) is 0 Å². The Morgan fingerprint density at radius 2 is 2.29 bits per heavy atom. The summed E-state index contributed by atoms with van der Waals surface area (Å²) in [5.74, 6) is 0.987. The van der Waals surface area contributed by atoms with Crippen LogP contribution in [0.25, 0.3) is 0 Å². The van der Waals surface area contributed by atoms with E-state index in [1.54, 1.807) is 25.3 Å². The molecule has 3 heteroatoms. The van der Waals surface area contributed by atoms with Crippen molar-refractivity contribution < 1.29 is 14.6 Å². The number of aryl methyl sites for hydroxylation is 1. The van der Waals surface area contributed by atoms with Gasteiger partial charge in [-0.15, -0.1) is 0 Å². The molecule has 0 aliphatic rings. The summed E-state index contributed by atoms with van der Waals surface area (Å²) in [6, 6.07) is 5.10. The molecule has 14 heavy (non-hydrogen) atoms. The van der Waals surface area contributed by atoms with Crippen molar-refractivity contribution in [2.45, 2.75) is 19.3 Å². The lowest BCUT2D eigenvalue weighted by atomic mass is 10.1. The van der Waals surface area contributed by atoms with Crippen LogP contribution >= 0.6 is 0 Å². The second-order valence-electron chi connectivity index (χ2n) is 3.05. The Hall–Kier alpha value is -1.51. The number of carbonyl (C=O) groups is 1. The third kappa shape index (κ3) is 2.76. The lowest BCUT2D eigenvalue weighted by molar-refractivity contribution is -0.107. The number of phenols is 1. The maximum absolute atomic E-state index is 10.1. The van der Waals surface area contributed by atoms with E-state index < -0.39 is 0 Å². The molecule has 1 aromatic carbocycles. The van der Waals surface area contributed by atoms with Crippen molar-refractivity contribution in [3.05, 3.63) is 23.8 Å². The molecule has 1 aromatic rings. The first kappa shape index (κ1) is 10.6. The minimum absolute atomic E-state index is 0.261. The molecule has 1 N–H and O–H groups in total. The maximum Gasteiger partial charge on any atom is 0.120 e. The van der Waals surface area contributed by atoms with Crippen molar-refractivity contribution in [3.63, 3.8) is 0 Å². The van der Waals surface area contributed by atoms with Gasteiger partial charge in [-0.2, -0.15) is 0 Å². The van der Waals surface area contributed by atoms with Crippen molar-refractivity contribution >= 4 is 6.29 Å². The van der Waals surface area contributed by atoms with Crippen LogP contribution in [0.4, 0.5) is 0 Å². The Balaban J connectivity index is 2.68. The van der Waals surface area contributed by atoms with E-state index in [9.17, 15) is 9.90 Å². The zero-order chi connectivity index (χ0) is 10.4. The number of ether oxygens (including phenoxy) is 1. The van der Waals surface area contributed by atoms with E-state index in [4.69, 9.17) is 4.74 Å². The molecule has 0 aliphatic heterocycles. The van der Waals surface area contributed by atoms with E-state index in [0.717, 1.165) is 24.0 Å². The predicted molar refractivity (Wildman–Crippen MR) is 53.7 cm³/mol. The summed E-state index contributed by atoms with van der Waals surface area (Å²) in [5, 5.41) is 9.49. The molecule has 0 bridgehead atoms. The molecule has 1 rings (SSSR count). The highest BCUT2D eigenvalue weighted by molar-refractivity contribution is 5.49. The normalized spacial score (nSPS) is 9.79. The third-order valence-corrected chi connectivity index (χ3v) is 2.05. The summed E-state index contributed by atoms with van der Waals surface area (Å²) < 4.78 is 5.04. The number of phenolic OH excluding ortho intramolecular Hbond substituents is 1. The van der Waals surface area contributed by atoms with Gasteiger partial charge in [0, 0.05) is 6.42 Å². The van der Waals surface area contributed by atoms with Crippen LogP contribution in [0.1, 0.15) is 18.4 Å². The highest BCUT2D eigenvalue weighted by atomic mass is 16.5. The molecule has 0 spiro atoms. The topological polar surface area (TPSA) is 46.5 Å². The zero-order valence-corrected chi connectivity index (χ0v) is 8.19. The van der Waals surface area contributed by atoms with Gasteiger partial charge in [-0.3, -0.25) is 0 Å². The molecule has 76 valence electrons. The quantitative estimate of drug-likeness (QED) is 0.575. The van der Waals surface area contributed by atoms with E-state index in [1.165, 1.54) is 0 Å². The first-order valence-corrected chi connectivity index (χ1v) is 4.57. The zero-order valence-electron chi connectivity index (χ0n) is 8.19. The fourth-order valence-corrected chi connectivity index (χ4v) is 1.26. The molecule has 0 amide bonds. The van der Waals surface area contributed by atoms with Gasteiger partial charge in [0.05, 0.1) is 7.11 Å². The number of rotatable bonds is 5. The van der Waals surface area contributed by atoms with Crippen molar-refractivity contribution in [3.8, 4) is 11.5 Å². The first-order chi connectivity index (χ1) is 6.77. The Morgan fingerprint density at radius 3 is 2.93 bits per heavy atom. The summed E-state index contributed by atoms with van der Waals surface area (Å²) in [5.41, 5.74) is 0.825. The highest BCUT2D eigenvalue weighted by Gasteiger charge is 2.02. The van der Waals surface area contributed by atoms with Crippen molar-refractivity contribution in [1.29, 1.82) is 0 Å². The van der Waals surface area contributed by atoms with Crippen LogP contribution < -0.4 is 4.74 Å². The average molecular weight is 194 g/mol. The number of hydrogen-bond acceptors (Lipinski definition) is 3. The van der Waals surface area contributed by atoms with Gasteiger partial charge in [0.1, 0.15) is 17.8 Å². The van der Waals surface area contributed by atoms with E-state index in [2.05, 4.69) is 0 Å². The summed E-state index contributed by atoms with van der Waals surface area (Å²) in [7, 11) is 1.58. The number of methoxy groups -OCH3 is 1. The molecule has 0 fully saturated rings.